The van der Waals surface area contributed by atoms with Gasteiger partial charge in [0.1, 0.15) is 5.82 Å². The summed E-state index contributed by atoms with van der Waals surface area (Å²) in [5, 5.41) is 10.2. The molecule has 2 aromatic rings. The number of benzene rings is 1. The number of hydrogen-bond acceptors (Lipinski definition) is 4. The van der Waals surface area contributed by atoms with Gasteiger partial charge in [-0.15, -0.1) is 0 Å². The Labute approximate surface area is 159 Å². The van der Waals surface area contributed by atoms with Crippen LogP contribution in [0.3, 0.4) is 0 Å². The summed E-state index contributed by atoms with van der Waals surface area (Å²) in [6.07, 6.45) is 2.22. The third kappa shape index (κ3) is 4.22. The summed E-state index contributed by atoms with van der Waals surface area (Å²) in [5.41, 5.74) is 1.06. The Bertz CT molecular complexity index is 784. The average Bonchev–Trinajstić information content (AvgIpc) is 3.03. The lowest BCUT2D eigenvalue weighted by Crippen LogP contribution is -2.38. The van der Waals surface area contributed by atoms with E-state index < -0.39 is 0 Å². The summed E-state index contributed by atoms with van der Waals surface area (Å²) >= 11 is 5.26. The van der Waals surface area contributed by atoms with Gasteiger partial charge in [0.15, 0.2) is 4.77 Å². The number of ether oxygens (including phenoxy) is 1. The minimum atomic E-state index is -0.171. The molecule has 0 spiro atoms. The number of nitrogens with one attached hydrogen (secondary N) is 2. The molecule has 0 bridgehead atoms. The minimum absolute atomic E-state index is 0.0452. The predicted molar refractivity (Wildman–Crippen MR) is 102 cm³/mol. The summed E-state index contributed by atoms with van der Waals surface area (Å²) in [4.78, 5) is 12.7. The van der Waals surface area contributed by atoms with Crippen LogP contribution in [0, 0.1) is 10.7 Å². The molecule has 140 valence electrons. The van der Waals surface area contributed by atoms with Crippen molar-refractivity contribution in [3.05, 3.63) is 46.5 Å². The number of aromatic amines is 1. The molecule has 2 N–H and O–H groups in total. The lowest BCUT2D eigenvalue weighted by Gasteiger charge is -2.31. The maximum atomic E-state index is 12.7. The number of rotatable bonds is 6. The van der Waals surface area contributed by atoms with Crippen molar-refractivity contribution in [3.8, 4) is 0 Å². The summed E-state index contributed by atoms with van der Waals surface area (Å²) in [7, 11) is 0. The second-order valence-corrected chi connectivity index (χ2v) is 7.29. The number of hydrogen-bond donors (Lipinski definition) is 2. The summed E-state index contributed by atoms with van der Waals surface area (Å²) in [5.74, 6) is 0.755. The molecule has 2 atom stereocenters. The van der Waals surface area contributed by atoms with Gasteiger partial charge < -0.3 is 14.6 Å². The Morgan fingerprint density at radius 2 is 2.19 bits per heavy atom. The fraction of sp³-hybridized carbons (Fsp3) is 0.526. The first-order valence-corrected chi connectivity index (χ1v) is 9.58. The van der Waals surface area contributed by atoms with Crippen LogP contribution in [0.25, 0.3) is 0 Å². The van der Waals surface area contributed by atoms with Crippen LogP contribution in [0.1, 0.15) is 50.2 Å². The average molecular weight is 375 g/mol. The molecular weight excluding hydrogens is 348 g/mol. The zero-order chi connectivity index (χ0) is 18.5. The zero-order valence-corrected chi connectivity index (χ0v) is 16.1. The van der Waals surface area contributed by atoms with Crippen LogP contribution in [-0.4, -0.2) is 33.8 Å². The van der Waals surface area contributed by atoms with E-state index in [-0.39, 0.29) is 24.0 Å². The Hall–Kier alpha value is -1.99. The monoisotopic (exact) mass is 374 g/mol. The van der Waals surface area contributed by atoms with E-state index in [0.29, 0.717) is 24.3 Å². The van der Waals surface area contributed by atoms with Gasteiger partial charge in [0.2, 0.25) is 5.91 Å². The molecule has 1 aliphatic heterocycles. The Kier molecular flexibility index (Phi) is 6.21. The largest absolute Gasteiger partial charge is 0.373 e. The molecule has 1 aliphatic rings. The third-order valence-electron chi connectivity index (χ3n) is 4.73. The molecule has 1 amide bonds. The summed E-state index contributed by atoms with van der Waals surface area (Å²) < 4.78 is 8.52. The molecular formula is C19H26N4O2S. The van der Waals surface area contributed by atoms with Crippen molar-refractivity contribution in [1.82, 2.24) is 20.1 Å². The van der Waals surface area contributed by atoms with E-state index in [1.165, 1.54) is 0 Å². The quantitative estimate of drug-likeness (QED) is 0.761. The summed E-state index contributed by atoms with van der Waals surface area (Å²) in [6, 6.07) is 10.2. The molecule has 1 aromatic heterocycles. The third-order valence-corrected chi connectivity index (χ3v) is 5.02. The van der Waals surface area contributed by atoms with Crippen LogP contribution in [0.15, 0.2) is 30.3 Å². The van der Waals surface area contributed by atoms with Gasteiger partial charge in [-0.3, -0.25) is 9.89 Å². The molecule has 6 nitrogen and oxygen atoms in total. The van der Waals surface area contributed by atoms with Crippen molar-refractivity contribution >= 4 is 18.1 Å². The predicted octanol–water partition coefficient (Wildman–Crippen LogP) is 3.35. The second-order valence-electron chi connectivity index (χ2n) is 6.90. The number of carbonyl (C=O) groups is 1. The lowest BCUT2D eigenvalue weighted by molar-refractivity contribution is -0.134. The Morgan fingerprint density at radius 3 is 2.92 bits per heavy atom. The zero-order valence-electron chi connectivity index (χ0n) is 15.3. The molecule has 26 heavy (non-hydrogen) atoms. The van der Waals surface area contributed by atoms with Gasteiger partial charge in [-0.1, -0.05) is 30.3 Å². The van der Waals surface area contributed by atoms with E-state index in [4.69, 9.17) is 17.0 Å². The fourth-order valence-corrected chi connectivity index (χ4v) is 3.86. The van der Waals surface area contributed by atoms with Crippen molar-refractivity contribution in [2.45, 2.75) is 45.3 Å². The Balaban J connectivity index is 1.61. The van der Waals surface area contributed by atoms with E-state index in [2.05, 4.69) is 29.4 Å². The molecule has 0 saturated carbocycles. The van der Waals surface area contributed by atoms with Crippen LogP contribution in [0.4, 0.5) is 0 Å². The second kappa shape index (κ2) is 8.60. The van der Waals surface area contributed by atoms with E-state index in [1.54, 1.807) is 0 Å². The van der Waals surface area contributed by atoms with Gasteiger partial charge in [-0.2, -0.15) is 5.10 Å². The smallest absolute Gasteiger partial charge is 0.226 e. The van der Waals surface area contributed by atoms with E-state index >= 15 is 0 Å². The highest BCUT2D eigenvalue weighted by Crippen LogP contribution is 2.33. The highest BCUT2D eigenvalue weighted by atomic mass is 32.1. The van der Waals surface area contributed by atoms with Crippen LogP contribution < -0.4 is 5.32 Å². The Morgan fingerprint density at radius 1 is 1.42 bits per heavy atom. The highest BCUT2D eigenvalue weighted by Gasteiger charge is 2.32. The number of nitrogens with zero attached hydrogens (tertiary/aromatic N) is 2. The first-order chi connectivity index (χ1) is 12.6. The molecule has 1 fully saturated rings. The normalized spacial score (nSPS) is 20.3. The lowest BCUT2D eigenvalue weighted by atomic mass is 9.89. The van der Waals surface area contributed by atoms with Crippen LogP contribution >= 0.6 is 12.2 Å². The maximum absolute atomic E-state index is 12.7. The topological polar surface area (TPSA) is 71.9 Å². The van der Waals surface area contributed by atoms with Crippen LogP contribution in [0.2, 0.25) is 0 Å². The molecule has 0 aliphatic carbocycles. The van der Waals surface area contributed by atoms with Crippen molar-refractivity contribution in [3.63, 3.8) is 0 Å². The molecule has 2 heterocycles. The minimum Gasteiger partial charge on any atom is -0.373 e. The van der Waals surface area contributed by atoms with Gasteiger partial charge in [0.05, 0.1) is 12.0 Å². The number of carbonyl (C=O) groups excluding carboxylic acids is 1. The molecule has 1 aromatic carbocycles. The number of H-pyrrole nitrogens is 1. The number of aromatic nitrogens is 3. The number of amides is 1. The van der Waals surface area contributed by atoms with Gasteiger partial charge in [0.25, 0.3) is 0 Å². The van der Waals surface area contributed by atoms with Crippen molar-refractivity contribution < 1.29 is 9.53 Å². The van der Waals surface area contributed by atoms with Crippen LogP contribution in [-0.2, 0) is 16.0 Å². The van der Waals surface area contributed by atoms with Gasteiger partial charge in [0, 0.05) is 25.6 Å². The van der Waals surface area contributed by atoms with E-state index in [0.717, 1.165) is 24.2 Å². The van der Waals surface area contributed by atoms with Crippen molar-refractivity contribution in [2.75, 3.05) is 13.2 Å². The molecule has 0 unspecified atom stereocenters. The van der Waals surface area contributed by atoms with Crippen LogP contribution in [0.5, 0.6) is 0 Å². The SMILES string of the molecule is CC(C)n1c(CCNC(=O)[C@H]2CCCO[C@@H]2c2ccccc2)n[nH]c1=S. The standard InChI is InChI=1S/C19H26N4O2S/c1-13(2)23-16(21-22-19(23)26)10-11-20-18(24)15-9-6-12-25-17(15)14-7-4-3-5-8-14/h3-5,7-8,13,15,17H,6,9-12H2,1-2H3,(H,20,24)(H,22,26)/t15-,17+/m0/s1. The van der Waals surface area contributed by atoms with E-state index in [9.17, 15) is 4.79 Å². The van der Waals surface area contributed by atoms with Gasteiger partial charge in [-0.25, -0.2) is 0 Å². The molecule has 1 saturated heterocycles. The first kappa shape index (κ1) is 18.8. The van der Waals surface area contributed by atoms with Gasteiger partial charge in [-0.05, 0) is 44.5 Å². The van der Waals surface area contributed by atoms with Crippen molar-refractivity contribution in [2.24, 2.45) is 5.92 Å². The van der Waals surface area contributed by atoms with Gasteiger partial charge >= 0.3 is 0 Å². The fourth-order valence-electron chi connectivity index (χ4n) is 3.50. The molecule has 7 heteroatoms. The summed E-state index contributed by atoms with van der Waals surface area (Å²) in [6.45, 7) is 5.37. The molecule has 3 rings (SSSR count). The van der Waals surface area contributed by atoms with Crippen molar-refractivity contribution in [1.29, 1.82) is 0 Å². The highest BCUT2D eigenvalue weighted by molar-refractivity contribution is 7.71. The maximum Gasteiger partial charge on any atom is 0.226 e. The molecule has 0 radical (unpaired) electrons. The first-order valence-electron chi connectivity index (χ1n) is 9.18. The van der Waals surface area contributed by atoms with E-state index in [1.807, 2.05) is 34.9 Å².